The normalized spacial score (nSPS) is 23.0. The van der Waals surface area contributed by atoms with Gasteiger partial charge in [-0.15, -0.1) is 0 Å². The number of anilines is 1. The van der Waals surface area contributed by atoms with E-state index in [1.165, 1.54) is 6.42 Å². The zero-order valence-corrected chi connectivity index (χ0v) is 12.5. The third-order valence-electron chi connectivity index (χ3n) is 4.44. The Balaban J connectivity index is 2.01. The second-order valence-electron chi connectivity index (χ2n) is 5.93. The van der Waals surface area contributed by atoms with E-state index in [1.807, 2.05) is 41.9 Å². The zero-order chi connectivity index (χ0) is 14.8. The van der Waals surface area contributed by atoms with Crippen LogP contribution in [0.2, 0.25) is 0 Å². The lowest BCUT2D eigenvalue weighted by Crippen LogP contribution is -2.25. The van der Waals surface area contributed by atoms with Gasteiger partial charge in [0.15, 0.2) is 0 Å². The maximum Gasteiger partial charge on any atom is 0.130 e. The molecule has 0 amide bonds. The fraction of sp³-hybridized carbons (Fsp3) is 0.471. The summed E-state index contributed by atoms with van der Waals surface area (Å²) in [7, 11) is 0. The summed E-state index contributed by atoms with van der Waals surface area (Å²) in [6, 6.07) is 10.1. The molecule has 1 fully saturated rings. The van der Waals surface area contributed by atoms with Gasteiger partial charge in [-0.25, -0.2) is 4.68 Å². The van der Waals surface area contributed by atoms with Gasteiger partial charge >= 0.3 is 0 Å². The highest BCUT2D eigenvalue weighted by Gasteiger charge is 2.27. The number of aromatic nitrogens is 2. The SMILES string of the molecule is Cc1nn(C2CCCCCC2O)c(N)c1-c1ccccc1. The highest BCUT2D eigenvalue weighted by atomic mass is 16.3. The van der Waals surface area contributed by atoms with E-state index in [2.05, 4.69) is 5.10 Å². The first-order chi connectivity index (χ1) is 10.2. The monoisotopic (exact) mass is 285 g/mol. The summed E-state index contributed by atoms with van der Waals surface area (Å²) >= 11 is 0. The molecule has 0 bridgehead atoms. The van der Waals surface area contributed by atoms with Crippen LogP contribution >= 0.6 is 0 Å². The Morgan fingerprint density at radius 3 is 2.62 bits per heavy atom. The predicted octanol–water partition coefficient (Wildman–Crippen LogP) is 3.31. The Kier molecular flexibility index (Phi) is 3.97. The Morgan fingerprint density at radius 2 is 1.86 bits per heavy atom. The molecular weight excluding hydrogens is 262 g/mol. The van der Waals surface area contributed by atoms with Gasteiger partial charge in [0.2, 0.25) is 0 Å². The molecule has 2 atom stereocenters. The fourth-order valence-electron chi connectivity index (χ4n) is 3.33. The van der Waals surface area contributed by atoms with Gasteiger partial charge in [-0.2, -0.15) is 5.10 Å². The molecule has 1 aliphatic rings. The van der Waals surface area contributed by atoms with Crippen molar-refractivity contribution in [2.45, 2.75) is 51.2 Å². The third kappa shape index (κ3) is 2.68. The number of benzene rings is 1. The first kappa shape index (κ1) is 14.1. The van der Waals surface area contributed by atoms with Crippen LogP contribution in [0.15, 0.2) is 30.3 Å². The Bertz CT molecular complexity index is 606. The van der Waals surface area contributed by atoms with Gasteiger partial charge in [-0.05, 0) is 25.3 Å². The lowest BCUT2D eigenvalue weighted by molar-refractivity contribution is 0.100. The van der Waals surface area contributed by atoms with Crippen LogP contribution in [0.3, 0.4) is 0 Å². The summed E-state index contributed by atoms with van der Waals surface area (Å²) in [5, 5.41) is 15.0. The molecular formula is C17H23N3O. The highest BCUT2D eigenvalue weighted by molar-refractivity contribution is 5.76. The summed E-state index contributed by atoms with van der Waals surface area (Å²) in [4.78, 5) is 0. The molecule has 3 N–H and O–H groups in total. The summed E-state index contributed by atoms with van der Waals surface area (Å²) in [6.07, 6.45) is 4.83. The van der Waals surface area contributed by atoms with E-state index in [0.717, 1.165) is 42.5 Å². The first-order valence-corrected chi connectivity index (χ1v) is 7.76. The van der Waals surface area contributed by atoms with E-state index in [9.17, 15) is 5.11 Å². The van der Waals surface area contributed by atoms with Gasteiger partial charge in [0.25, 0.3) is 0 Å². The van der Waals surface area contributed by atoms with E-state index in [0.29, 0.717) is 5.82 Å². The topological polar surface area (TPSA) is 64.1 Å². The molecule has 112 valence electrons. The van der Waals surface area contributed by atoms with Crippen LogP contribution in [0.4, 0.5) is 5.82 Å². The van der Waals surface area contributed by atoms with Crippen LogP contribution in [-0.2, 0) is 0 Å². The van der Waals surface area contributed by atoms with Crippen molar-refractivity contribution in [2.75, 3.05) is 5.73 Å². The second kappa shape index (κ2) is 5.90. The standard InChI is InChI=1S/C17H23N3O/c1-12-16(13-8-4-2-5-9-13)17(18)20(19-12)14-10-6-3-7-11-15(14)21/h2,4-5,8-9,14-15,21H,3,6-7,10-11,18H2,1H3. The van der Waals surface area contributed by atoms with E-state index >= 15 is 0 Å². The van der Waals surface area contributed by atoms with Gasteiger partial charge in [0, 0.05) is 5.56 Å². The molecule has 4 nitrogen and oxygen atoms in total. The smallest absolute Gasteiger partial charge is 0.130 e. The number of hydrogen-bond acceptors (Lipinski definition) is 3. The van der Waals surface area contributed by atoms with Gasteiger partial charge in [-0.1, -0.05) is 49.6 Å². The van der Waals surface area contributed by atoms with Gasteiger partial charge < -0.3 is 10.8 Å². The fourth-order valence-corrected chi connectivity index (χ4v) is 3.33. The van der Waals surface area contributed by atoms with Gasteiger partial charge in [0.05, 0.1) is 17.8 Å². The van der Waals surface area contributed by atoms with E-state index in [-0.39, 0.29) is 12.1 Å². The molecule has 2 aromatic rings. The number of hydrogen-bond donors (Lipinski definition) is 2. The molecule has 1 saturated carbocycles. The molecule has 0 saturated heterocycles. The van der Waals surface area contributed by atoms with Crippen molar-refractivity contribution in [1.29, 1.82) is 0 Å². The lowest BCUT2D eigenvalue weighted by atomic mass is 10.0. The highest BCUT2D eigenvalue weighted by Crippen LogP contribution is 2.35. The number of aryl methyl sites for hydroxylation is 1. The Hall–Kier alpha value is -1.81. The molecule has 1 heterocycles. The zero-order valence-electron chi connectivity index (χ0n) is 12.5. The minimum atomic E-state index is -0.349. The van der Waals surface area contributed by atoms with E-state index < -0.39 is 0 Å². The van der Waals surface area contributed by atoms with Crippen molar-refractivity contribution in [3.63, 3.8) is 0 Å². The molecule has 2 unspecified atom stereocenters. The van der Waals surface area contributed by atoms with Crippen molar-refractivity contribution in [3.05, 3.63) is 36.0 Å². The van der Waals surface area contributed by atoms with E-state index in [1.54, 1.807) is 0 Å². The van der Waals surface area contributed by atoms with Crippen LogP contribution in [0.25, 0.3) is 11.1 Å². The van der Waals surface area contributed by atoms with Crippen LogP contribution in [0, 0.1) is 6.92 Å². The van der Waals surface area contributed by atoms with Crippen molar-refractivity contribution < 1.29 is 5.11 Å². The first-order valence-electron chi connectivity index (χ1n) is 7.76. The Morgan fingerprint density at radius 1 is 1.14 bits per heavy atom. The summed E-state index contributed by atoms with van der Waals surface area (Å²) < 4.78 is 1.85. The van der Waals surface area contributed by atoms with Crippen LogP contribution in [0.5, 0.6) is 0 Å². The number of nitrogens with two attached hydrogens (primary N) is 1. The van der Waals surface area contributed by atoms with Gasteiger partial charge in [0.1, 0.15) is 5.82 Å². The van der Waals surface area contributed by atoms with Gasteiger partial charge in [-0.3, -0.25) is 0 Å². The van der Waals surface area contributed by atoms with Crippen molar-refractivity contribution >= 4 is 5.82 Å². The summed E-state index contributed by atoms with van der Waals surface area (Å²) in [5.41, 5.74) is 9.37. The molecule has 0 radical (unpaired) electrons. The summed E-state index contributed by atoms with van der Waals surface area (Å²) in [6.45, 7) is 1.98. The largest absolute Gasteiger partial charge is 0.391 e. The second-order valence-corrected chi connectivity index (χ2v) is 5.93. The van der Waals surface area contributed by atoms with Crippen molar-refractivity contribution in [2.24, 2.45) is 0 Å². The minimum absolute atomic E-state index is 0.00339. The number of nitrogen functional groups attached to an aromatic ring is 1. The van der Waals surface area contributed by atoms with E-state index in [4.69, 9.17) is 5.73 Å². The average Bonchev–Trinajstić information content (AvgIpc) is 2.64. The quantitative estimate of drug-likeness (QED) is 0.832. The molecule has 3 rings (SSSR count). The minimum Gasteiger partial charge on any atom is -0.391 e. The number of rotatable bonds is 2. The number of aliphatic hydroxyl groups is 1. The molecule has 0 aliphatic heterocycles. The Labute approximate surface area is 125 Å². The van der Waals surface area contributed by atoms with Crippen molar-refractivity contribution in [3.8, 4) is 11.1 Å². The van der Waals surface area contributed by atoms with Crippen LogP contribution in [-0.4, -0.2) is 21.0 Å². The lowest BCUT2D eigenvalue weighted by Gasteiger charge is -2.22. The molecule has 1 aliphatic carbocycles. The average molecular weight is 285 g/mol. The predicted molar refractivity (Wildman–Crippen MR) is 84.9 cm³/mol. The molecule has 4 heteroatoms. The number of aliphatic hydroxyl groups excluding tert-OH is 1. The maximum atomic E-state index is 10.4. The molecule has 1 aromatic heterocycles. The molecule has 21 heavy (non-hydrogen) atoms. The van der Waals surface area contributed by atoms with Crippen LogP contribution < -0.4 is 5.73 Å². The van der Waals surface area contributed by atoms with Crippen molar-refractivity contribution in [1.82, 2.24) is 9.78 Å². The maximum absolute atomic E-state index is 10.4. The molecule has 0 spiro atoms. The van der Waals surface area contributed by atoms with Crippen LogP contribution in [0.1, 0.15) is 43.8 Å². The summed E-state index contributed by atoms with van der Waals surface area (Å²) in [5.74, 6) is 0.671. The molecule has 1 aromatic carbocycles. The third-order valence-corrected chi connectivity index (χ3v) is 4.44. The number of nitrogens with zero attached hydrogens (tertiary/aromatic N) is 2.